The van der Waals surface area contributed by atoms with Crippen molar-refractivity contribution >= 4 is 60.8 Å². The van der Waals surface area contributed by atoms with Crippen LogP contribution in [0.15, 0.2) is 51.4 Å². The predicted octanol–water partition coefficient (Wildman–Crippen LogP) is 4.65. The molecule has 2 aromatic rings. The minimum Gasteiger partial charge on any atom is -0.332 e. The summed E-state index contributed by atoms with van der Waals surface area (Å²) in [6.07, 6.45) is 0. The molecule has 21 heavy (non-hydrogen) atoms. The van der Waals surface area contributed by atoms with E-state index >= 15 is 0 Å². The molecule has 0 heterocycles. The van der Waals surface area contributed by atoms with Crippen molar-refractivity contribution in [1.29, 1.82) is 0 Å². The quantitative estimate of drug-likeness (QED) is 0.685. The van der Waals surface area contributed by atoms with Crippen LogP contribution in [0.4, 0.5) is 5.69 Å². The molecule has 0 aliphatic rings. The molecule has 0 aliphatic carbocycles. The zero-order valence-electron chi connectivity index (χ0n) is 11.1. The van der Waals surface area contributed by atoms with Gasteiger partial charge in [-0.2, -0.15) is 0 Å². The van der Waals surface area contributed by atoms with Gasteiger partial charge < -0.3 is 5.32 Å². The van der Waals surface area contributed by atoms with Gasteiger partial charge in [-0.05, 0) is 61.1 Å². The standard InChI is InChI=1S/C15H12Br2N2OS/c1-9-2-3-10(8-13(9)17)14(20)19-15(21)18-12-6-4-11(16)5-7-12/h2-8H,1H3,(H2,18,19,20,21). The molecule has 0 saturated heterocycles. The molecule has 0 saturated carbocycles. The van der Waals surface area contributed by atoms with E-state index in [2.05, 4.69) is 42.5 Å². The van der Waals surface area contributed by atoms with Gasteiger partial charge in [0.25, 0.3) is 5.91 Å². The maximum atomic E-state index is 12.1. The lowest BCUT2D eigenvalue weighted by molar-refractivity contribution is 0.0977. The number of rotatable bonds is 2. The monoisotopic (exact) mass is 426 g/mol. The first kappa shape index (κ1) is 16.1. The summed E-state index contributed by atoms with van der Waals surface area (Å²) >= 11 is 11.9. The van der Waals surface area contributed by atoms with E-state index < -0.39 is 0 Å². The van der Waals surface area contributed by atoms with Crippen molar-refractivity contribution in [2.24, 2.45) is 0 Å². The summed E-state index contributed by atoms with van der Waals surface area (Å²) in [4.78, 5) is 12.1. The number of carbonyl (C=O) groups is 1. The van der Waals surface area contributed by atoms with Crippen LogP contribution in [0.5, 0.6) is 0 Å². The summed E-state index contributed by atoms with van der Waals surface area (Å²) < 4.78 is 1.87. The third-order valence-electron chi connectivity index (χ3n) is 2.76. The number of anilines is 1. The Kier molecular flexibility index (Phi) is 5.50. The van der Waals surface area contributed by atoms with E-state index in [1.54, 1.807) is 12.1 Å². The number of benzene rings is 2. The van der Waals surface area contributed by atoms with Crippen molar-refractivity contribution in [1.82, 2.24) is 5.32 Å². The number of aryl methyl sites for hydroxylation is 1. The fourth-order valence-electron chi connectivity index (χ4n) is 1.60. The number of hydrogen-bond acceptors (Lipinski definition) is 2. The van der Waals surface area contributed by atoms with Crippen LogP contribution >= 0.6 is 44.1 Å². The van der Waals surface area contributed by atoms with E-state index in [1.165, 1.54) is 0 Å². The number of nitrogens with one attached hydrogen (secondary N) is 2. The lowest BCUT2D eigenvalue weighted by Crippen LogP contribution is -2.34. The van der Waals surface area contributed by atoms with E-state index in [0.717, 1.165) is 20.2 Å². The maximum absolute atomic E-state index is 12.1. The zero-order chi connectivity index (χ0) is 15.4. The third kappa shape index (κ3) is 4.62. The van der Waals surface area contributed by atoms with Crippen LogP contribution < -0.4 is 10.6 Å². The molecule has 0 bridgehead atoms. The van der Waals surface area contributed by atoms with Gasteiger partial charge in [0.05, 0.1) is 0 Å². The van der Waals surface area contributed by atoms with Gasteiger partial charge in [0.15, 0.2) is 5.11 Å². The Morgan fingerprint density at radius 1 is 1.10 bits per heavy atom. The molecule has 1 amide bonds. The van der Waals surface area contributed by atoms with Gasteiger partial charge in [-0.15, -0.1) is 0 Å². The number of thiocarbonyl (C=S) groups is 1. The molecule has 0 spiro atoms. The molecule has 6 heteroatoms. The van der Waals surface area contributed by atoms with Gasteiger partial charge >= 0.3 is 0 Å². The first-order chi connectivity index (χ1) is 9.95. The molecule has 2 aromatic carbocycles. The van der Waals surface area contributed by atoms with Gasteiger partial charge in [-0.1, -0.05) is 37.9 Å². The smallest absolute Gasteiger partial charge is 0.257 e. The van der Waals surface area contributed by atoms with Crippen LogP contribution in [0.25, 0.3) is 0 Å². The molecule has 3 nitrogen and oxygen atoms in total. The fraction of sp³-hybridized carbons (Fsp3) is 0.0667. The normalized spacial score (nSPS) is 10.0. The van der Waals surface area contributed by atoms with Crippen molar-refractivity contribution in [3.63, 3.8) is 0 Å². The molecule has 0 atom stereocenters. The summed E-state index contributed by atoms with van der Waals surface area (Å²) in [7, 11) is 0. The molecule has 2 rings (SSSR count). The van der Waals surface area contributed by atoms with Crippen LogP contribution in [0, 0.1) is 6.92 Å². The Morgan fingerprint density at radius 3 is 2.38 bits per heavy atom. The average Bonchev–Trinajstić information content (AvgIpc) is 2.44. The minimum absolute atomic E-state index is 0.245. The van der Waals surface area contributed by atoms with E-state index in [9.17, 15) is 4.79 Å². The SMILES string of the molecule is Cc1ccc(C(=O)NC(=S)Nc2ccc(Br)cc2)cc1Br. The van der Waals surface area contributed by atoms with Crippen LogP contribution in [-0.4, -0.2) is 11.0 Å². The Labute approximate surface area is 145 Å². The van der Waals surface area contributed by atoms with Gasteiger partial charge in [0.1, 0.15) is 0 Å². The Hall–Kier alpha value is -1.24. The topological polar surface area (TPSA) is 41.1 Å². The fourth-order valence-corrected chi connectivity index (χ4v) is 2.46. The van der Waals surface area contributed by atoms with Crippen LogP contribution in [-0.2, 0) is 0 Å². The molecular formula is C15H12Br2N2OS. The van der Waals surface area contributed by atoms with Crippen molar-refractivity contribution < 1.29 is 4.79 Å². The minimum atomic E-state index is -0.245. The van der Waals surface area contributed by atoms with Crippen molar-refractivity contribution in [3.8, 4) is 0 Å². The highest BCUT2D eigenvalue weighted by Gasteiger charge is 2.09. The Balaban J connectivity index is 2.00. The van der Waals surface area contributed by atoms with Gasteiger partial charge in [0.2, 0.25) is 0 Å². The number of carbonyl (C=O) groups excluding carboxylic acids is 1. The van der Waals surface area contributed by atoms with E-state index in [-0.39, 0.29) is 11.0 Å². The lowest BCUT2D eigenvalue weighted by atomic mass is 10.1. The van der Waals surface area contributed by atoms with Gasteiger partial charge in [-0.25, -0.2) is 0 Å². The predicted molar refractivity (Wildman–Crippen MR) is 96.7 cm³/mol. The Morgan fingerprint density at radius 2 is 1.76 bits per heavy atom. The molecule has 0 unspecified atom stereocenters. The second kappa shape index (κ2) is 7.15. The zero-order valence-corrected chi connectivity index (χ0v) is 15.1. The maximum Gasteiger partial charge on any atom is 0.257 e. The molecule has 0 fully saturated rings. The number of halogens is 2. The summed E-state index contributed by atoms with van der Waals surface area (Å²) in [5, 5.41) is 5.88. The molecule has 2 N–H and O–H groups in total. The largest absolute Gasteiger partial charge is 0.332 e. The van der Waals surface area contributed by atoms with Crippen molar-refractivity contribution in [3.05, 3.63) is 62.5 Å². The van der Waals surface area contributed by atoms with Crippen molar-refractivity contribution in [2.75, 3.05) is 5.32 Å². The molecular weight excluding hydrogens is 416 g/mol. The molecule has 108 valence electrons. The van der Waals surface area contributed by atoms with Crippen molar-refractivity contribution in [2.45, 2.75) is 6.92 Å². The third-order valence-corrected chi connectivity index (χ3v) is 4.35. The van der Waals surface area contributed by atoms with Gasteiger partial charge in [-0.3, -0.25) is 10.1 Å². The highest BCUT2D eigenvalue weighted by atomic mass is 79.9. The highest BCUT2D eigenvalue weighted by Crippen LogP contribution is 2.17. The molecule has 0 aliphatic heterocycles. The first-order valence-electron chi connectivity index (χ1n) is 6.10. The summed E-state index contributed by atoms with van der Waals surface area (Å²) in [5.74, 6) is -0.245. The highest BCUT2D eigenvalue weighted by molar-refractivity contribution is 9.10. The molecule has 0 aromatic heterocycles. The van der Waals surface area contributed by atoms with Crippen LogP contribution in [0.3, 0.4) is 0 Å². The Bertz CT molecular complexity index is 687. The number of amides is 1. The summed E-state index contributed by atoms with van der Waals surface area (Å²) in [6.45, 7) is 1.96. The first-order valence-corrected chi connectivity index (χ1v) is 8.09. The average molecular weight is 428 g/mol. The summed E-state index contributed by atoms with van der Waals surface area (Å²) in [6, 6.07) is 12.9. The second-order valence-electron chi connectivity index (χ2n) is 4.38. The molecule has 0 radical (unpaired) electrons. The van der Waals surface area contributed by atoms with E-state index in [4.69, 9.17) is 12.2 Å². The lowest BCUT2D eigenvalue weighted by Gasteiger charge is -2.10. The summed E-state index contributed by atoms with van der Waals surface area (Å²) in [5.41, 5.74) is 2.43. The number of hydrogen-bond donors (Lipinski definition) is 2. The van der Waals surface area contributed by atoms with Crippen LogP contribution in [0.2, 0.25) is 0 Å². The van der Waals surface area contributed by atoms with E-state index in [0.29, 0.717) is 5.56 Å². The van der Waals surface area contributed by atoms with Crippen LogP contribution in [0.1, 0.15) is 15.9 Å². The van der Waals surface area contributed by atoms with E-state index in [1.807, 2.05) is 37.3 Å². The second-order valence-corrected chi connectivity index (χ2v) is 6.56. The van der Waals surface area contributed by atoms with Gasteiger partial charge in [0, 0.05) is 20.2 Å².